The summed E-state index contributed by atoms with van der Waals surface area (Å²) in [6, 6.07) is 42.0. The van der Waals surface area contributed by atoms with Crippen molar-refractivity contribution in [3.8, 4) is 28.2 Å². The predicted molar refractivity (Wildman–Crippen MR) is 152 cm³/mol. The van der Waals surface area contributed by atoms with Gasteiger partial charge in [-0.25, -0.2) is 9.67 Å². The zero-order valence-electron chi connectivity index (χ0n) is 19.3. The van der Waals surface area contributed by atoms with Crippen molar-refractivity contribution in [2.24, 2.45) is 0 Å². The molecule has 3 nitrogen and oxygen atoms in total. The van der Waals surface area contributed by atoms with E-state index in [4.69, 9.17) is 10.1 Å². The van der Waals surface area contributed by atoms with Gasteiger partial charge in [-0.2, -0.15) is 5.10 Å². The number of nitrogens with zero attached hydrogens (tertiary/aromatic N) is 3. The highest BCUT2D eigenvalue weighted by atomic mass is 79.9. The van der Waals surface area contributed by atoms with Gasteiger partial charge in [0, 0.05) is 21.0 Å². The highest BCUT2D eigenvalue weighted by Crippen LogP contribution is 2.41. The third-order valence-corrected chi connectivity index (χ3v) is 7.21. The van der Waals surface area contributed by atoms with Crippen LogP contribution in [0.3, 0.4) is 0 Å². The summed E-state index contributed by atoms with van der Waals surface area (Å²) < 4.78 is 3.11. The van der Waals surface area contributed by atoms with Gasteiger partial charge in [-0.05, 0) is 41.1 Å². The molecule has 0 saturated heterocycles. The lowest BCUT2D eigenvalue weighted by molar-refractivity contribution is 0.918. The van der Waals surface area contributed by atoms with Gasteiger partial charge in [0.25, 0.3) is 0 Å². The van der Waals surface area contributed by atoms with Gasteiger partial charge in [0.15, 0.2) is 0 Å². The number of pyridine rings is 1. The Hall–Kier alpha value is -4.28. The Balaban J connectivity index is 1.70. The van der Waals surface area contributed by atoms with E-state index in [1.54, 1.807) is 0 Å². The summed E-state index contributed by atoms with van der Waals surface area (Å²) >= 11 is 3.58. The maximum absolute atomic E-state index is 5.27. The molecular formula is C32H20BrN3. The SMILES string of the molecule is Brc1ccc(-c2nn(-c3ccccc3)c3c2c(-c2cccc4ccccc24)nc2ccccc23)cc1. The van der Waals surface area contributed by atoms with E-state index in [0.717, 1.165) is 54.5 Å². The largest absolute Gasteiger partial charge is 0.247 e. The van der Waals surface area contributed by atoms with Crippen molar-refractivity contribution < 1.29 is 0 Å². The van der Waals surface area contributed by atoms with E-state index in [9.17, 15) is 0 Å². The summed E-state index contributed by atoms with van der Waals surface area (Å²) in [5.41, 5.74) is 7.06. The van der Waals surface area contributed by atoms with Gasteiger partial charge in [-0.1, -0.05) is 107 Å². The molecule has 0 saturated carbocycles. The molecule has 0 aliphatic heterocycles. The Kier molecular flexibility index (Phi) is 4.93. The Morgan fingerprint density at radius 3 is 2.11 bits per heavy atom. The van der Waals surface area contributed by atoms with Crippen LogP contribution in [0.2, 0.25) is 0 Å². The molecule has 0 bridgehead atoms. The van der Waals surface area contributed by atoms with Crippen LogP contribution in [0.1, 0.15) is 0 Å². The van der Waals surface area contributed by atoms with Gasteiger partial charge < -0.3 is 0 Å². The smallest absolute Gasteiger partial charge is 0.103 e. The average molecular weight is 526 g/mol. The Bertz CT molecular complexity index is 1880. The van der Waals surface area contributed by atoms with Crippen LogP contribution in [0.15, 0.2) is 126 Å². The van der Waals surface area contributed by atoms with E-state index in [1.807, 2.05) is 12.1 Å². The lowest BCUT2D eigenvalue weighted by atomic mass is 9.96. The maximum Gasteiger partial charge on any atom is 0.103 e. The minimum atomic E-state index is 0.919. The number of halogens is 1. The van der Waals surface area contributed by atoms with E-state index in [1.165, 1.54) is 10.8 Å². The van der Waals surface area contributed by atoms with Crippen LogP contribution < -0.4 is 0 Å². The van der Waals surface area contributed by atoms with Crippen LogP contribution >= 0.6 is 15.9 Å². The number of fused-ring (bicyclic) bond motifs is 4. The van der Waals surface area contributed by atoms with Crippen molar-refractivity contribution in [3.05, 3.63) is 126 Å². The van der Waals surface area contributed by atoms with Crippen molar-refractivity contribution >= 4 is 48.5 Å². The number of para-hydroxylation sites is 2. The Labute approximate surface area is 216 Å². The number of hydrogen-bond donors (Lipinski definition) is 0. The number of benzene rings is 5. The maximum atomic E-state index is 5.27. The first kappa shape index (κ1) is 21.0. The minimum Gasteiger partial charge on any atom is -0.247 e. The summed E-state index contributed by atoms with van der Waals surface area (Å²) in [6.07, 6.45) is 0. The molecule has 0 aliphatic carbocycles. The van der Waals surface area contributed by atoms with Crippen molar-refractivity contribution in [1.82, 2.24) is 14.8 Å². The summed E-state index contributed by atoms with van der Waals surface area (Å²) in [7, 11) is 0. The summed E-state index contributed by atoms with van der Waals surface area (Å²) in [4.78, 5) is 5.27. The van der Waals surface area contributed by atoms with E-state index in [-0.39, 0.29) is 0 Å². The summed E-state index contributed by atoms with van der Waals surface area (Å²) in [5, 5.41) is 9.74. The topological polar surface area (TPSA) is 30.7 Å². The third-order valence-electron chi connectivity index (χ3n) is 6.68. The van der Waals surface area contributed by atoms with Gasteiger partial charge in [0.1, 0.15) is 5.69 Å². The molecule has 0 N–H and O–H groups in total. The first-order chi connectivity index (χ1) is 17.8. The molecule has 4 heteroatoms. The minimum absolute atomic E-state index is 0.919. The molecule has 2 heterocycles. The quantitative estimate of drug-likeness (QED) is 0.230. The van der Waals surface area contributed by atoms with Crippen molar-refractivity contribution in [2.75, 3.05) is 0 Å². The van der Waals surface area contributed by atoms with Crippen molar-refractivity contribution in [2.45, 2.75) is 0 Å². The predicted octanol–water partition coefficient (Wildman–Crippen LogP) is 8.82. The van der Waals surface area contributed by atoms with Crippen molar-refractivity contribution in [3.63, 3.8) is 0 Å². The van der Waals surface area contributed by atoms with Gasteiger partial charge in [-0.3, -0.25) is 0 Å². The van der Waals surface area contributed by atoms with Crippen LogP contribution in [0.5, 0.6) is 0 Å². The molecule has 0 fully saturated rings. The van der Waals surface area contributed by atoms with E-state index >= 15 is 0 Å². The fraction of sp³-hybridized carbons (Fsp3) is 0. The third kappa shape index (κ3) is 3.34. The first-order valence-electron chi connectivity index (χ1n) is 11.9. The fourth-order valence-corrected chi connectivity index (χ4v) is 5.30. The normalized spacial score (nSPS) is 11.5. The second-order valence-corrected chi connectivity index (χ2v) is 9.75. The lowest BCUT2D eigenvalue weighted by Gasteiger charge is -2.12. The van der Waals surface area contributed by atoms with Crippen LogP contribution in [0.4, 0.5) is 0 Å². The number of rotatable bonds is 3. The summed E-state index contributed by atoms with van der Waals surface area (Å²) in [5.74, 6) is 0. The van der Waals surface area contributed by atoms with E-state index in [2.05, 4.69) is 130 Å². The zero-order chi connectivity index (χ0) is 24.1. The van der Waals surface area contributed by atoms with Gasteiger partial charge >= 0.3 is 0 Å². The van der Waals surface area contributed by atoms with E-state index < -0.39 is 0 Å². The van der Waals surface area contributed by atoms with Gasteiger partial charge in [0.2, 0.25) is 0 Å². The molecule has 0 aliphatic rings. The summed E-state index contributed by atoms with van der Waals surface area (Å²) in [6.45, 7) is 0. The molecule has 7 aromatic rings. The van der Waals surface area contributed by atoms with Gasteiger partial charge in [-0.15, -0.1) is 0 Å². The molecule has 7 rings (SSSR count). The molecule has 170 valence electrons. The molecule has 0 atom stereocenters. The van der Waals surface area contributed by atoms with Gasteiger partial charge in [0.05, 0.1) is 27.8 Å². The standard InChI is InChI=1S/C32H20BrN3/c33-23-19-17-22(18-20-23)30-29-31(26-15-8-10-21-9-4-5-13-25(21)26)34-28-16-7-6-14-27(28)32(29)36(35-30)24-11-2-1-3-12-24/h1-20H. The first-order valence-corrected chi connectivity index (χ1v) is 12.7. The second-order valence-electron chi connectivity index (χ2n) is 8.83. The fourth-order valence-electron chi connectivity index (χ4n) is 5.03. The van der Waals surface area contributed by atoms with E-state index in [0.29, 0.717) is 0 Å². The monoisotopic (exact) mass is 525 g/mol. The van der Waals surface area contributed by atoms with Crippen molar-refractivity contribution in [1.29, 1.82) is 0 Å². The molecule has 0 radical (unpaired) electrons. The molecule has 0 spiro atoms. The average Bonchev–Trinajstić information content (AvgIpc) is 3.34. The Morgan fingerprint density at radius 2 is 1.28 bits per heavy atom. The molecular weight excluding hydrogens is 506 g/mol. The van der Waals surface area contributed by atoms with Crippen LogP contribution in [-0.2, 0) is 0 Å². The molecule has 0 amide bonds. The molecule has 36 heavy (non-hydrogen) atoms. The highest BCUT2D eigenvalue weighted by molar-refractivity contribution is 9.10. The second kappa shape index (κ2) is 8.43. The number of aromatic nitrogens is 3. The lowest BCUT2D eigenvalue weighted by Crippen LogP contribution is -1.97. The van der Waals surface area contributed by atoms with Crippen LogP contribution in [0, 0.1) is 0 Å². The Morgan fingerprint density at radius 1 is 0.583 bits per heavy atom. The van der Waals surface area contributed by atoms with Crippen LogP contribution in [0.25, 0.3) is 60.8 Å². The molecule has 0 unspecified atom stereocenters. The molecule has 2 aromatic heterocycles. The number of hydrogen-bond acceptors (Lipinski definition) is 2. The van der Waals surface area contributed by atoms with Crippen LogP contribution in [-0.4, -0.2) is 14.8 Å². The zero-order valence-corrected chi connectivity index (χ0v) is 20.9. The molecule has 5 aromatic carbocycles. The highest BCUT2D eigenvalue weighted by Gasteiger charge is 2.22.